The van der Waals surface area contributed by atoms with E-state index in [1.807, 2.05) is 6.08 Å². The van der Waals surface area contributed by atoms with Gasteiger partial charge in [0.2, 0.25) is 0 Å². The van der Waals surface area contributed by atoms with E-state index in [2.05, 4.69) is 17.6 Å². The first-order chi connectivity index (χ1) is 6.24. The zero-order chi connectivity index (χ0) is 9.68. The molecule has 0 bridgehead atoms. The molecular weight excluding hydrogens is 187 g/mol. The average Bonchev–Trinajstić information content (AvgIpc) is 2.11. The number of nitrogens with zero attached hydrogens (tertiary/aromatic N) is 1. The number of hydrogen-bond acceptors (Lipinski definition) is 3. The van der Waals surface area contributed by atoms with E-state index in [0.717, 1.165) is 18.4 Å². The van der Waals surface area contributed by atoms with Gasteiger partial charge in [0.25, 0.3) is 0 Å². The van der Waals surface area contributed by atoms with Crippen LogP contribution in [0.5, 0.6) is 0 Å². The number of nitrogens with two attached hydrogens (primary N) is 1. The van der Waals surface area contributed by atoms with Gasteiger partial charge >= 0.3 is 0 Å². The molecule has 1 rings (SSSR count). The Labute approximate surface area is 82.1 Å². The summed E-state index contributed by atoms with van der Waals surface area (Å²) >= 11 is 4.04. The summed E-state index contributed by atoms with van der Waals surface area (Å²) in [5, 5.41) is 0. The van der Waals surface area contributed by atoms with Crippen molar-refractivity contribution in [3.05, 3.63) is 29.7 Å². The zero-order valence-corrected chi connectivity index (χ0v) is 7.97. The Kier molecular flexibility index (Phi) is 3.76. The van der Waals surface area contributed by atoms with Gasteiger partial charge < -0.3 is 5.73 Å². The van der Waals surface area contributed by atoms with Crippen LogP contribution >= 0.6 is 12.6 Å². The van der Waals surface area contributed by atoms with Crippen molar-refractivity contribution < 1.29 is 4.39 Å². The van der Waals surface area contributed by atoms with Crippen molar-refractivity contribution in [1.82, 2.24) is 4.98 Å². The van der Waals surface area contributed by atoms with Gasteiger partial charge in [-0.15, -0.1) is 0 Å². The van der Waals surface area contributed by atoms with Gasteiger partial charge in [0, 0.05) is 5.56 Å². The van der Waals surface area contributed by atoms with Crippen LogP contribution in [0.15, 0.2) is 18.3 Å². The minimum atomic E-state index is -0.375. The largest absolute Gasteiger partial charge is 0.383 e. The zero-order valence-electron chi connectivity index (χ0n) is 7.07. The molecule has 70 valence electrons. The maximum atomic E-state index is 12.7. The Morgan fingerprint density at radius 1 is 1.62 bits per heavy atom. The molecule has 1 aromatic heterocycles. The lowest BCUT2D eigenvalue weighted by atomic mass is 10.2. The summed E-state index contributed by atoms with van der Waals surface area (Å²) < 4.78 is 12.7. The second kappa shape index (κ2) is 4.87. The Bertz CT molecular complexity index is 312. The third-order valence-corrected chi connectivity index (χ3v) is 1.77. The Morgan fingerprint density at radius 2 is 2.38 bits per heavy atom. The molecule has 0 aliphatic rings. The highest BCUT2D eigenvalue weighted by Gasteiger charge is 1.97. The van der Waals surface area contributed by atoms with Crippen molar-refractivity contribution in [1.29, 1.82) is 0 Å². The third kappa shape index (κ3) is 3.06. The Morgan fingerprint density at radius 3 is 3.08 bits per heavy atom. The molecule has 0 saturated heterocycles. The Hall–Kier alpha value is -1.03. The number of aromatic nitrogens is 1. The van der Waals surface area contributed by atoms with Crippen LogP contribution in [0, 0.1) is 5.82 Å². The summed E-state index contributed by atoms with van der Waals surface area (Å²) in [6.45, 7) is 0. The van der Waals surface area contributed by atoms with Gasteiger partial charge in [-0.1, -0.05) is 12.2 Å². The minimum absolute atomic E-state index is 0.344. The lowest BCUT2D eigenvalue weighted by Gasteiger charge is -1.98. The van der Waals surface area contributed by atoms with Crippen molar-refractivity contribution in [2.75, 3.05) is 11.5 Å². The van der Waals surface area contributed by atoms with Gasteiger partial charge in [-0.2, -0.15) is 12.6 Å². The molecule has 13 heavy (non-hydrogen) atoms. The van der Waals surface area contributed by atoms with E-state index in [9.17, 15) is 4.39 Å². The predicted molar refractivity (Wildman–Crippen MR) is 56.1 cm³/mol. The summed E-state index contributed by atoms with van der Waals surface area (Å²) in [6, 6.07) is 1.36. The number of anilines is 1. The van der Waals surface area contributed by atoms with Gasteiger partial charge in [0.1, 0.15) is 11.6 Å². The molecule has 0 saturated carbocycles. The van der Waals surface area contributed by atoms with Crippen molar-refractivity contribution in [2.45, 2.75) is 6.42 Å². The fourth-order valence-electron chi connectivity index (χ4n) is 0.884. The molecule has 1 heterocycles. The molecular formula is C9H11FN2S. The highest BCUT2D eigenvalue weighted by Crippen LogP contribution is 2.11. The van der Waals surface area contributed by atoms with Crippen LogP contribution in [0.4, 0.5) is 10.2 Å². The fourth-order valence-corrected chi connectivity index (χ4v) is 1.03. The molecule has 0 unspecified atom stereocenters. The number of rotatable bonds is 3. The van der Waals surface area contributed by atoms with Gasteiger partial charge in [0.15, 0.2) is 0 Å². The van der Waals surface area contributed by atoms with Crippen molar-refractivity contribution in [2.24, 2.45) is 0 Å². The van der Waals surface area contributed by atoms with Crippen molar-refractivity contribution in [3.63, 3.8) is 0 Å². The molecule has 0 radical (unpaired) electrons. The molecule has 0 aliphatic heterocycles. The molecule has 4 heteroatoms. The van der Waals surface area contributed by atoms with Crippen LogP contribution in [0.25, 0.3) is 6.08 Å². The molecule has 0 aliphatic carbocycles. The number of thiol groups is 1. The number of pyridine rings is 1. The van der Waals surface area contributed by atoms with Crippen molar-refractivity contribution in [3.8, 4) is 0 Å². The number of halogens is 1. The monoisotopic (exact) mass is 198 g/mol. The fraction of sp³-hybridized carbons (Fsp3) is 0.222. The second-order valence-corrected chi connectivity index (χ2v) is 2.99. The molecule has 0 spiro atoms. The normalized spacial score (nSPS) is 10.9. The standard InChI is InChI=1S/C9H11FN2S/c10-8-5-7(3-1-2-4-13)9(11)12-6-8/h1,3,5-6,13H,2,4H2,(H2,11,12). The van der Waals surface area contributed by atoms with E-state index in [0.29, 0.717) is 11.4 Å². The van der Waals surface area contributed by atoms with Gasteiger partial charge in [-0.3, -0.25) is 0 Å². The molecule has 0 amide bonds. The maximum absolute atomic E-state index is 12.7. The third-order valence-electron chi connectivity index (χ3n) is 1.51. The summed E-state index contributed by atoms with van der Waals surface area (Å²) in [7, 11) is 0. The molecule has 0 fully saturated rings. The van der Waals surface area contributed by atoms with Crippen molar-refractivity contribution >= 4 is 24.5 Å². The predicted octanol–water partition coefficient (Wildman–Crippen LogP) is 2.14. The van der Waals surface area contributed by atoms with Crippen LogP contribution in [0.1, 0.15) is 12.0 Å². The SMILES string of the molecule is Nc1ncc(F)cc1C=CCCS. The average molecular weight is 198 g/mol. The summed E-state index contributed by atoms with van der Waals surface area (Å²) in [4.78, 5) is 3.69. The van der Waals surface area contributed by atoms with E-state index >= 15 is 0 Å². The van der Waals surface area contributed by atoms with E-state index in [4.69, 9.17) is 5.73 Å². The summed E-state index contributed by atoms with van der Waals surface area (Å²) in [5.74, 6) is 0.732. The second-order valence-electron chi connectivity index (χ2n) is 2.54. The first kappa shape index (κ1) is 10.1. The van der Waals surface area contributed by atoms with E-state index < -0.39 is 0 Å². The number of nitrogen functional groups attached to an aromatic ring is 1. The first-order valence-electron chi connectivity index (χ1n) is 3.92. The number of hydrogen-bond donors (Lipinski definition) is 2. The molecule has 0 atom stereocenters. The van der Waals surface area contributed by atoms with Gasteiger partial charge in [-0.05, 0) is 18.2 Å². The number of allylic oxidation sites excluding steroid dienone is 1. The van der Waals surface area contributed by atoms with Crippen LogP contribution in [-0.4, -0.2) is 10.7 Å². The molecule has 2 nitrogen and oxygen atoms in total. The quantitative estimate of drug-likeness (QED) is 0.730. The van der Waals surface area contributed by atoms with Crippen LogP contribution in [0.2, 0.25) is 0 Å². The molecule has 2 N–H and O–H groups in total. The molecule has 0 aromatic carbocycles. The van der Waals surface area contributed by atoms with E-state index in [1.54, 1.807) is 6.08 Å². The lowest BCUT2D eigenvalue weighted by molar-refractivity contribution is 0.621. The van der Waals surface area contributed by atoms with E-state index in [1.165, 1.54) is 6.07 Å². The highest BCUT2D eigenvalue weighted by atomic mass is 32.1. The maximum Gasteiger partial charge on any atom is 0.142 e. The Balaban J connectivity index is 2.81. The van der Waals surface area contributed by atoms with Crippen LogP contribution in [0.3, 0.4) is 0 Å². The minimum Gasteiger partial charge on any atom is -0.383 e. The van der Waals surface area contributed by atoms with Crippen LogP contribution in [-0.2, 0) is 0 Å². The topological polar surface area (TPSA) is 38.9 Å². The smallest absolute Gasteiger partial charge is 0.142 e. The summed E-state index contributed by atoms with van der Waals surface area (Å²) in [6.07, 6.45) is 5.58. The lowest BCUT2D eigenvalue weighted by Crippen LogP contribution is -1.94. The highest BCUT2D eigenvalue weighted by molar-refractivity contribution is 7.80. The molecule has 1 aromatic rings. The summed E-state index contributed by atoms with van der Waals surface area (Å²) in [5.41, 5.74) is 6.14. The first-order valence-corrected chi connectivity index (χ1v) is 4.55. The van der Waals surface area contributed by atoms with Crippen LogP contribution < -0.4 is 5.73 Å². The van der Waals surface area contributed by atoms with Gasteiger partial charge in [0.05, 0.1) is 6.20 Å². The van der Waals surface area contributed by atoms with Gasteiger partial charge in [-0.25, -0.2) is 9.37 Å². The van der Waals surface area contributed by atoms with E-state index in [-0.39, 0.29) is 5.82 Å².